The minimum atomic E-state index is 0.0985. The second-order valence-electron chi connectivity index (χ2n) is 2.53. The minimum Gasteiger partial charge on any atom is -0.504 e. The van der Waals surface area contributed by atoms with E-state index in [9.17, 15) is 9.90 Å². The molecule has 0 aromatic heterocycles. The fraction of sp³-hybridized carbons (Fsp3) is 0.200. The fourth-order valence-electron chi connectivity index (χ4n) is 1.01. The summed E-state index contributed by atoms with van der Waals surface area (Å²) in [5.41, 5.74) is 0.901. The zero-order chi connectivity index (χ0) is 9.68. The Hall–Kier alpha value is -1.73. The maximum Gasteiger partial charge on any atom is 0.160 e. The zero-order valence-corrected chi connectivity index (χ0v) is 7.28. The van der Waals surface area contributed by atoms with Crippen molar-refractivity contribution >= 4 is 5.94 Å². The standard InChI is InChI=1S/C10H10O3/c1-13-10-7-8(3-2-6-11)4-5-9(10)12/h2,4-5,7,12H,3H2,1H3. The number of benzene rings is 1. The van der Waals surface area contributed by atoms with Gasteiger partial charge in [-0.3, -0.25) is 0 Å². The molecule has 0 bridgehead atoms. The van der Waals surface area contributed by atoms with Gasteiger partial charge >= 0.3 is 0 Å². The van der Waals surface area contributed by atoms with E-state index in [1.54, 1.807) is 18.1 Å². The molecule has 3 nitrogen and oxygen atoms in total. The Balaban J connectivity index is 2.92. The molecule has 0 aliphatic heterocycles. The molecule has 0 fully saturated rings. The van der Waals surface area contributed by atoms with Crippen molar-refractivity contribution in [1.29, 1.82) is 0 Å². The van der Waals surface area contributed by atoms with Gasteiger partial charge in [-0.05, 0) is 17.7 Å². The molecule has 0 heterocycles. The van der Waals surface area contributed by atoms with Crippen molar-refractivity contribution in [2.45, 2.75) is 6.42 Å². The van der Waals surface area contributed by atoms with E-state index in [4.69, 9.17) is 4.74 Å². The molecule has 0 aliphatic carbocycles. The first-order valence-electron chi connectivity index (χ1n) is 3.83. The van der Waals surface area contributed by atoms with Crippen molar-refractivity contribution in [3.63, 3.8) is 0 Å². The van der Waals surface area contributed by atoms with Gasteiger partial charge in [0, 0.05) is 12.5 Å². The number of allylic oxidation sites excluding steroid dienone is 1. The van der Waals surface area contributed by atoms with E-state index in [-0.39, 0.29) is 5.75 Å². The number of hydrogen-bond donors (Lipinski definition) is 1. The highest BCUT2D eigenvalue weighted by atomic mass is 16.5. The molecule has 0 radical (unpaired) electrons. The van der Waals surface area contributed by atoms with Crippen LogP contribution in [0.4, 0.5) is 0 Å². The third-order valence-corrected chi connectivity index (χ3v) is 1.67. The molecule has 0 amide bonds. The summed E-state index contributed by atoms with van der Waals surface area (Å²) in [6, 6.07) is 4.95. The first-order valence-corrected chi connectivity index (χ1v) is 3.83. The number of methoxy groups -OCH3 is 1. The third-order valence-electron chi connectivity index (χ3n) is 1.67. The first kappa shape index (κ1) is 9.36. The molecule has 1 aromatic carbocycles. The lowest BCUT2D eigenvalue weighted by atomic mass is 10.1. The molecule has 0 unspecified atom stereocenters. The maximum absolute atomic E-state index is 9.94. The Morgan fingerprint density at radius 3 is 3.00 bits per heavy atom. The SMILES string of the molecule is COc1cc(CC=C=O)ccc1O. The average molecular weight is 178 g/mol. The highest BCUT2D eigenvalue weighted by Gasteiger charge is 2.00. The largest absolute Gasteiger partial charge is 0.504 e. The van der Waals surface area contributed by atoms with Gasteiger partial charge in [-0.2, -0.15) is 0 Å². The Labute approximate surface area is 76.3 Å². The van der Waals surface area contributed by atoms with Crippen molar-refractivity contribution < 1.29 is 14.6 Å². The Morgan fingerprint density at radius 1 is 1.62 bits per heavy atom. The normalized spacial score (nSPS) is 9.00. The first-order chi connectivity index (χ1) is 6.27. The molecule has 68 valence electrons. The van der Waals surface area contributed by atoms with Crippen LogP contribution in [0.25, 0.3) is 0 Å². The van der Waals surface area contributed by atoms with Gasteiger partial charge in [0.25, 0.3) is 0 Å². The molecule has 1 N–H and O–H groups in total. The monoisotopic (exact) mass is 178 g/mol. The molecular weight excluding hydrogens is 168 g/mol. The van der Waals surface area contributed by atoms with E-state index >= 15 is 0 Å². The van der Waals surface area contributed by atoms with Gasteiger partial charge in [0.05, 0.1) is 7.11 Å². The molecule has 0 aliphatic rings. The lowest BCUT2D eigenvalue weighted by molar-refractivity contribution is 0.373. The molecule has 1 aromatic rings. The molecule has 1 rings (SSSR count). The minimum absolute atomic E-state index is 0.0985. The van der Waals surface area contributed by atoms with Crippen LogP contribution >= 0.6 is 0 Å². The Morgan fingerprint density at radius 2 is 2.38 bits per heavy atom. The second-order valence-corrected chi connectivity index (χ2v) is 2.53. The van der Waals surface area contributed by atoms with E-state index in [1.807, 2.05) is 0 Å². The second kappa shape index (κ2) is 4.33. The summed E-state index contributed by atoms with van der Waals surface area (Å²) in [4.78, 5) is 9.94. The van der Waals surface area contributed by atoms with Crippen LogP contribution in [0.3, 0.4) is 0 Å². The summed E-state index contributed by atoms with van der Waals surface area (Å²) in [7, 11) is 1.48. The predicted octanol–water partition coefficient (Wildman–Crippen LogP) is 1.33. The van der Waals surface area contributed by atoms with Gasteiger partial charge in [-0.1, -0.05) is 6.07 Å². The van der Waals surface area contributed by atoms with E-state index in [0.717, 1.165) is 5.56 Å². The van der Waals surface area contributed by atoms with Gasteiger partial charge in [-0.25, -0.2) is 4.79 Å². The van der Waals surface area contributed by atoms with E-state index in [0.29, 0.717) is 12.2 Å². The van der Waals surface area contributed by atoms with Crippen LogP contribution in [-0.2, 0) is 11.2 Å². The van der Waals surface area contributed by atoms with Crippen molar-refractivity contribution in [3.8, 4) is 11.5 Å². The molecule has 13 heavy (non-hydrogen) atoms. The number of ether oxygens (including phenoxy) is 1. The fourth-order valence-corrected chi connectivity index (χ4v) is 1.01. The smallest absolute Gasteiger partial charge is 0.160 e. The van der Waals surface area contributed by atoms with E-state index in [1.165, 1.54) is 19.3 Å². The number of rotatable bonds is 3. The van der Waals surface area contributed by atoms with E-state index < -0.39 is 0 Å². The summed E-state index contributed by atoms with van der Waals surface area (Å²) in [6.07, 6.45) is 1.88. The topological polar surface area (TPSA) is 46.5 Å². The Bertz CT molecular complexity index is 338. The number of hydrogen-bond acceptors (Lipinski definition) is 3. The number of carbonyl (C=O) groups excluding carboxylic acids is 1. The third kappa shape index (κ3) is 2.36. The number of phenols is 1. The van der Waals surface area contributed by atoms with Crippen LogP contribution in [0.5, 0.6) is 11.5 Å². The van der Waals surface area contributed by atoms with Gasteiger partial charge < -0.3 is 9.84 Å². The van der Waals surface area contributed by atoms with Crippen molar-refractivity contribution in [3.05, 3.63) is 29.8 Å². The molecular formula is C10H10O3. The van der Waals surface area contributed by atoms with Crippen molar-refractivity contribution in [2.75, 3.05) is 7.11 Å². The molecule has 0 spiro atoms. The summed E-state index contributed by atoms with van der Waals surface area (Å²) in [5.74, 6) is 2.20. The van der Waals surface area contributed by atoms with Crippen LogP contribution in [0.1, 0.15) is 5.56 Å². The highest BCUT2D eigenvalue weighted by molar-refractivity contribution is 5.48. The summed E-state index contributed by atoms with van der Waals surface area (Å²) in [5, 5.41) is 9.25. The van der Waals surface area contributed by atoms with Crippen LogP contribution in [0, 0.1) is 0 Å². The zero-order valence-electron chi connectivity index (χ0n) is 7.28. The molecule has 0 saturated heterocycles. The summed E-state index contributed by atoms with van der Waals surface area (Å²) < 4.78 is 4.90. The quantitative estimate of drug-likeness (QED) is 0.710. The highest BCUT2D eigenvalue weighted by Crippen LogP contribution is 2.26. The van der Waals surface area contributed by atoms with Gasteiger partial charge in [-0.15, -0.1) is 0 Å². The Kier molecular flexibility index (Phi) is 3.12. The number of aromatic hydroxyl groups is 1. The molecule has 3 heteroatoms. The molecule has 0 saturated carbocycles. The van der Waals surface area contributed by atoms with Crippen molar-refractivity contribution in [2.24, 2.45) is 0 Å². The lowest BCUT2D eigenvalue weighted by Gasteiger charge is -2.04. The van der Waals surface area contributed by atoms with Gasteiger partial charge in [0.15, 0.2) is 11.5 Å². The van der Waals surface area contributed by atoms with Gasteiger partial charge in [0.2, 0.25) is 0 Å². The van der Waals surface area contributed by atoms with Gasteiger partial charge in [0.1, 0.15) is 5.94 Å². The van der Waals surface area contributed by atoms with Crippen molar-refractivity contribution in [1.82, 2.24) is 0 Å². The van der Waals surface area contributed by atoms with Crippen LogP contribution in [0.2, 0.25) is 0 Å². The van der Waals surface area contributed by atoms with Crippen LogP contribution in [0.15, 0.2) is 24.3 Å². The summed E-state index contributed by atoms with van der Waals surface area (Å²) in [6.45, 7) is 0. The number of phenolic OH excluding ortho intramolecular Hbond substituents is 1. The average Bonchev–Trinajstić information content (AvgIpc) is 2.16. The maximum atomic E-state index is 9.94. The van der Waals surface area contributed by atoms with E-state index in [2.05, 4.69) is 0 Å². The molecule has 0 atom stereocenters. The van der Waals surface area contributed by atoms with Crippen LogP contribution in [-0.4, -0.2) is 18.2 Å². The lowest BCUT2D eigenvalue weighted by Crippen LogP contribution is -1.87. The summed E-state index contributed by atoms with van der Waals surface area (Å²) >= 11 is 0. The van der Waals surface area contributed by atoms with Crippen LogP contribution < -0.4 is 4.74 Å². The predicted molar refractivity (Wildman–Crippen MR) is 48.6 cm³/mol.